The molecular formula is C17H22O8. The molecule has 8 nitrogen and oxygen atoms in total. The van der Waals surface area contributed by atoms with Gasteiger partial charge in [0, 0.05) is 6.92 Å². The minimum atomic E-state index is -2.03. The molecule has 0 saturated heterocycles. The van der Waals surface area contributed by atoms with Crippen LogP contribution in [-0.4, -0.2) is 49.3 Å². The molecule has 0 radical (unpaired) electrons. The van der Waals surface area contributed by atoms with Gasteiger partial charge in [0.2, 0.25) is 0 Å². The zero-order valence-electron chi connectivity index (χ0n) is 14.2. The average molecular weight is 354 g/mol. The maximum Gasteiger partial charge on any atom is 0.339 e. The summed E-state index contributed by atoms with van der Waals surface area (Å²) in [6, 6.07) is 0. The molecule has 0 aromatic heterocycles. The normalized spacial score (nSPS) is 12.2. The van der Waals surface area contributed by atoms with Crippen molar-refractivity contribution in [2.45, 2.75) is 25.4 Å². The first kappa shape index (κ1) is 22.3. The number of esters is 4. The Kier molecular flexibility index (Phi) is 10.5. The Balaban J connectivity index is 5.55. The average Bonchev–Trinajstić information content (AvgIpc) is 2.54. The molecule has 8 heteroatoms. The van der Waals surface area contributed by atoms with E-state index in [1.165, 1.54) is 18.2 Å². The highest BCUT2D eigenvalue weighted by molar-refractivity contribution is 5.93. The number of ether oxygens (including phenoxy) is 4. The van der Waals surface area contributed by atoms with Crippen LogP contribution >= 0.6 is 0 Å². The maximum atomic E-state index is 12.4. The van der Waals surface area contributed by atoms with Gasteiger partial charge in [0.25, 0.3) is 0 Å². The van der Waals surface area contributed by atoms with Crippen molar-refractivity contribution in [2.75, 3.05) is 19.8 Å². The van der Waals surface area contributed by atoms with Gasteiger partial charge in [0.1, 0.15) is 13.2 Å². The lowest BCUT2D eigenvalue weighted by Gasteiger charge is -2.29. The van der Waals surface area contributed by atoms with E-state index in [9.17, 15) is 19.2 Å². The van der Waals surface area contributed by atoms with E-state index in [1.54, 1.807) is 0 Å². The third kappa shape index (κ3) is 8.61. The van der Waals surface area contributed by atoms with Gasteiger partial charge in [-0.2, -0.15) is 0 Å². The standard InChI is InChI=1S/C17H22O8/c1-5-8-22-14(19)11-17(24-10-7-3,16(21)23-9-6-2)12-15(20)25-13(4)18/h5-7H,1-3,8-12H2,4H3. The first-order valence-electron chi connectivity index (χ1n) is 7.32. The highest BCUT2D eigenvalue weighted by Crippen LogP contribution is 2.25. The third-order valence-corrected chi connectivity index (χ3v) is 2.66. The van der Waals surface area contributed by atoms with E-state index < -0.39 is 42.3 Å². The highest BCUT2D eigenvalue weighted by Gasteiger charge is 2.46. The maximum absolute atomic E-state index is 12.4. The fourth-order valence-corrected chi connectivity index (χ4v) is 1.72. The third-order valence-electron chi connectivity index (χ3n) is 2.66. The van der Waals surface area contributed by atoms with Crippen LogP contribution in [0.4, 0.5) is 0 Å². The molecule has 138 valence electrons. The van der Waals surface area contributed by atoms with Crippen molar-refractivity contribution >= 4 is 23.9 Å². The SMILES string of the molecule is C=CCOC(=O)CC(CC(=O)OC(C)=O)(OCC=C)C(=O)OCC=C. The largest absolute Gasteiger partial charge is 0.461 e. The summed E-state index contributed by atoms with van der Waals surface area (Å²) in [7, 11) is 0. The Morgan fingerprint density at radius 2 is 1.36 bits per heavy atom. The van der Waals surface area contributed by atoms with Crippen LogP contribution < -0.4 is 0 Å². The molecule has 0 spiro atoms. The summed E-state index contributed by atoms with van der Waals surface area (Å²) in [5.41, 5.74) is -2.03. The smallest absolute Gasteiger partial charge is 0.339 e. The Morgan fingerprint density at radius 1 is 0.840 bits per heavy atom. The van der Waals surface area contributed by atoms with Gasteiger partial charge in [-0.25, -0.2) is 4.79 Å². The molecule has 1 atom stereocenters. The minimum absolute atomic E-state index is 0.0873. The molecule has 0 fully saturated rings. The Bertz CT molecular complexity index is 537. The zero-order chi connectivity index (χ0) is 19.3. The van der Waals surface area contributed by atoms with Crippen LogP contribution in [0.25, 0.3) is 0 Å². The van der Waals surface area contributed by atoms with Crippen LogP contribution in [0, 0.1) is 0 Å². The van der Waals surface area contributed by atoms with E-state index in [0.717, 1.165) is 6.92 Å². The van der Waals surface area contributed by atoms with Gasteiger partial charge < -0.3 is 18.9 Å². The molecule has 1 unspecified atom stereocenters. The van der Waals surface area contributed by atoms with Crippen LogP contribution in [0.2, 0.25) is 0 Å². The van der Waals surface area contributed by atoms with Crippen molar-refractivity contribution in [3.63, 3.8) is 0 Å². The van der Waals surface area contributed by atoms with E-state index in [4.69, 9.17) is 14.2 Å². The summed E-state index contributed by atoms with van der Waals surface area (Å²) >= 11 is 0. The highest BCUT2D eigenvalue weighted by atomic mass is 16.6. The Hall–Kier alpha value is -2.74. The summed E-state index contributed by atoms with van der Waals surface area (Å²) in [6.07, 6.45) is 2.61. The van der Waals surface area contributed by atoms with E-state index >= 15 is 0 Å². The van der Waals surface area contributed by atoms with Gasteiger partial charge in [-0.1, -0.05) is 31.4 Å². The fraction of sp³-hybridized carbons (Fsp3) is 0.412. The Morgan fingerprint density at radius 3 is 1.88 bits per heavy atom. The van der Waals surface area contributed by atoms with Crippen molar-refractivity contribution in [3.8, 4) is 0 Å². The summed E-state index contributed by atoms with van der Waals surface area (Å²) in [5, 5.41) is 0. The van der Waals surface area contributed by atoms with Crippen molar-refractivity contribution in [3.05, 3.63) is 38.0 Å². The van der Waals surface area contributed by atoms with Crippen molar-refractivity contribution in [2.24, 2.45) is 0 Å². The second-order valence-electron chi connectivity index (χ2n) is 4.77. The second-order valence-corrected chi connectivity index (χ2v) is 4.77. The molecule has 0 aromatic carbocycles. The summed E-state index contributed by atoms with van der Waals surface area (Å²) in [6.45, 7) is 10.9. The fourth-order valence-electron chi connectivity index (χ4n) is 1.72. The van der Waals surface area contributed by atoms with Crippen LogP contribution in [0.15, 0.2) is 38.0 Å². The van der Waals surface area contributed by atoms with Crippen LogP contribution in [0.3, 0.4) is 0 Å². The number of hydrogen-bond acceptors (Lipinski definition) is 8. The predicted octanol–water partition coefficient (Wildman–Crippen LogP) is 1.26. The number of rotatable bonds is 12. The Labute approximate surface area is 146 Å². The van der Waals surface area contributed by atoms with E-state index in [1.807, 2.05) is 0 Å². The van der Waals surface area contributed by atoms with E-state index in [0.29, 0.717) is 0 Å². The summed E-state index contributed by atoms with van der Waals surface area (Å²) < 4.78 is 19.6. The first-order chi connectivity index (χ1) is 11.8. The van der Waals surface area contributed by atoms with Crippen molar-refractivity contribution in [1.82, 2.24) is 0 Å². The lowest BCUT2D eigenvalue weighted by Crippen LogP contribution is -2.47. The lowest BCUT2D eigenvalue weighted by molar-refractivity contribution is -0.184. The molecule has 0 amide bonds. The predicted molar refractivity (Wildman–Crippen MR) is 87.2 cm³/mol. The zero-order valence-corrected chi connectivity index (χ0v) is 14.2. The molecule has 0 heterocycles. The van der Waals surface area contributed by atoms with Gasteiger partial charge in [-0.15, -0.1) is 6.58 Å². The van der Waals surface area contributed by atoms with Crippen LogP contribution in [0.5, 0.6) is 0 Å². The lowest BCUT2D eigenvalue weighted by atomic mass is 9.95. The van der Waals surface area contributed by atoms with E-state index in [-0.39, 0.29) is 19.8 Å². The van der Waals surface area contributed by atoms with Gasteiger partial charge in [-0.3, -0.25) is 14.4 Å². The molecule has 0 aliphatic heterocycles. The molecule has 0 N–H and O–H groups in total. The van der Waals surface area contributed by atoms with Crippen molar-refractivity contribution < 1.29 is 38.1 Å². The molecule has 0 saturated carbocycles. The molecule has 0 bridgehead atoms. The molecule has 0 aliphatic rings. The van der Waals surface area contributed by atoms with Gasteiger partial charge in [0.05, 0.1) is 19.4 Å². The monoisotopic (exact) mass is 354 g/mol. The molecule has 0 rings (SSSR count). The quantitative estimate of drug-likeness (QED) is 0.223. The summed E-state index contributed by atoms with van der Waals surface area (Å²) in [5.74, 6) is -3.74. The number of hydrogen-bond donors (Lipinski definition) is 0. The number of carbonyl (C=O) groups excluding carboxylic acids is 4. The summed E-state index contributed by atoms with van der Waals surface area (Å²) in [4.78, 5) is 47.1. The molecule has 0 aromatic rings. The van der Waals surface area contributed by atoms with Crippen LogP contribution in [0.1, 0.15) is 19.8 Å². The molecule has 25 heavy (non-hydrogen) atoms. The number of carbonyl (C=O) groups is 4. The van der Waals surface area contributed by atoms with Gasteiger partial charge in [-0.05, 0) is 0 Å². The van der Waals surface area contributed by atoms with Crippen molar-refractivity contribution in [1.29, 1.82) is 0 Å². The second kappa shape index (κ2) is 11.7. The van der Waals surface area contributed by atoms with Gasteiger partial charge in [0.15, 0.2) is 5.60 Å². The molecular weight excluding hydrogens is 332 g/mol. The first-order valence-corrected chi connectivity index (χ1v) is 7.32. The van der Waals surface area contributed by atoms with E-state index in [2.05, 4.69) is 24.5 Å². The molecule has 0 aliphatic carbocycles. The van der Waals surface area contributed by atoms with Gasteiger partial charge >= 0.3 is 23.9 Å². The minimum Gasteiger partial charge on any atom is -0.461 e. The van der Waals surface area contributed by atoms with Crippen LogP contribution in [-0.2, 0) is 38.1 Å². The topological polar surface area (TPSA) is 105 Å².